The fourth-order valence-electron chi connectivity index (χ4n) is 1.88. The summed E-state index contributed by atoms with van der Waals surface area (Å²) in [7, 11) is -4.02. The zero-order valence-corrected chi connectivity index (χ0v) is 14.1. The van der Waals surface area contributed by atoms with Crippen LogP contribution in [0.4, 0.5) is 0 Å². The van der Waals surface area contributed by atoms with Crippen molar-refractivity contribution in [2.24, 2.45) is 11.7 Å². The maximum atomic E-state index is 10.7. The van der Waals surface area contributed by atoms with Crippen LogP contribution in [0.3, 0.4) is 0 Å². The minimum atomic E-state index is -4.02. The Morgan fingerprint density at radius 2 is 1.62 bits per heavy atom. The van der Waals surface area contributed by atoms with Crippen LogP contribution < -0.4 is 5.73 Å². The molecule has 0 radical (unpaired) electrons. The lowest BCUT2D eigenvalue weighted by atomic mass is 10.00. The molecule has 0 aliphatic rings. The zero-order chi connectivity index (χ0) is 18.2. The number of aryl methyl sites for hydroxylation is 1. The van der Waals surface area contributed by atoms with E-state index < -0.39 is 22.0 Å². The van der Waals surface area contributed by atoms with Crippen LogP contribution >= 0.6 is 0 Å². The number of carbonyl (C=O) groups is 1. The SMILES string of the molecule is Cc1ccc(S(=O)(=O)O)cc1.NCC(Cc1ccccc1)C(=O)O. The lowest BCUT2D eigenvalue weighted by molar-refractivity contribution is -0.141. The first-order valence-electron chi connectivity index (χ1n) is 7.25. The van der Waals surface area contributed by atoms with Crippen LogP contribution in [0.1, 0.15) is 11.1 Å². The minimum Gasteiger partial charge on any atom is -0.481 e. The van der Waals surface area contributed by atoms with E-state index in [1.165, 1.54) is 12.1 Å². The lowest BCUT2D eigenvalue weighted by Crippen LogP contribution is -2.25. The highest BCUT2D eigenvalue weighted by Crippen LogP contribution is 2.09. The second-order valence-electron chi connectivity index (χ2n) is 5.25. The molecule has 0 fully saturated rings. The van der Waals surface area contributed by atoms with Crippen molar-refractivity contribution in [3.63, 3.8) is 0 Å². The molecular weight excluding hydrogens is 330 g/mol. The van der Waals surface area contributed by atoms with Gasteiger partial charge >= 0.3 is 5.97 Å². The summed E-state index contributed by atoms with van der Waals surface area (Å²) >= 11 is 0. The van der Waals surface area contributed by atoms with E-state index >= 15 is 0 Å². The lowest BCUT2D eigenvalue weighted by Gasteiger charge is -2.08. The Balaban J connectivity index is 0.000000243. The molecule has 24 heavy (non-hydrogen) atoms. The van der Waals surface area contributed by atoms with Crippen LogP contribution in [0.2, 0.25) is 0 Å². The zero-order valence-electron chi connectivity index (χ0n) is 13.3. The Kier molecular flexibility index (Phi) is 7.57. The minimum absolute atomic E-state index is 0.0666. The Hall–Kier alpha value is -2.22. The van der Waals surface area contributed by atoms with E-state index in [4.69, 9.17) is 15.4 Å². The largest absolute Gasteiger partial charge is 0.481 e. The molecule has 1 unspecified atom stereocenters. The summed E-state index contributed by atoms with van der Waals surface area (Å²) < 4.78 is 29.6. The normalized spacial score (nSPS) is 12.0. The van der Waals surface area contributed by atoms with Crippen LogP contribution in [0.15, 0.2) is 59.5 Å². The van der Waals surface area contributed by atoms with Gasteiger partial charge in [0.15, 0.2) is 0 Å². The standard InChI is InChI=1S/C10H13NO2.C7H8O3S/c11-7-9(10(12)13)6-8-4-2-1-3-5-8;1-6-2-4-7(5-3-6)11(8,9)10/h1-5,9H,6-7,11H2,(H,12,13);2-5H,1H3,(H,8,9,10). The summed E-state index contributed by atoms with van der Waals surface area (Å²) in [5.41, 5.74) is 7.31. The van der Waals surface area contributed by atoms with Crippen molar-refractivity contribution in [1.29, 1.82) is 0 Å². The summed E-state index contributed by atoms with van der Waals surface area (Å²) in [5, 5.41) is 8.75. The van der Waals surface area contributed by atoms with Gasteiger partial charge in [-0.1, -0.05) is 48.0 Å². The summed E-state index contributed by atoms with van der Waals surface area (Å²) in [5.74, 6) is -1.30. The number of carboxylic acids is 1. The first kappa shape index (κ1) is 19.8. The third kappa shape index (κ3) is 6.91. The first-order chi connectivity index (χ1) is 11.2. The van der Waals surface area contributed by atoms with Crippen molar-refractivity contribution < 1.29 is 22.9 Å². The molecule has 130 valence electrons. The highest BCUT2D eigenvalue weighted by atomic mass is 32.2. The van der Waals surface area contributed by atoms with E-state index in [1.54, 1.807) is 12.1 Å². The monoisotopic (exact) mass is 351 g/mol. The molecule has 0 spiro atoms. The van der Waals surface area contributed by atoms with Crippen molar-refractivity contribution in [2.45, 2.75) is 18.2 Å². The molecule has 0 bridgehead atoms. The average Bonchev–Trinajstić information content (AvgIpc) is 2.53. The summed E-state index contributed by atoms with van der Waals surface area (Å²) in [6.45, 7) is 2.03. The molecule has 0 saturated heterocycles. The van der Waals surface area contributed by atoms with Gasteiger partial charge in [0.25, 0.3) is 10.1 Å². The molecule has 2 rings (SSSR count). The van der Waals surface area contributed by atoms with E-state index in [0.29, 0.717) is 6.42 Å². The van der Waals surface area contributed by atoms with Crippen molar-refractivity contribution in [1.82, 2.24) is 0 Å². The van der Waals surface area contributed by atoms with E-state index in [-0.39, 0.29) is 11.4 Å². The van der Waals surface area contributed by atoms with Crippen molar-refractivity contribution in [3.05, 3.63) is 65.7 Å². The summed E-state index contributed by atoms with van der Waals surface area (Å²) in [4.78, 5) is 10.6. The molecule has 6 nitrogen and oxygen atoms in total. The van der Waals surface area contributed by atoms with Crippen molar-refractivity contribution >= 4 is 16.1 Å². The molecular formula is C17H21NO5S. The van der Waals surface area contributed by atoms with Crippen molar-refractivity contribution in [3.8, 4) is 0 Å². The number of nitrogens with two attached hydrogens (primary N) is 1. The van der Waals surface area contributed by atoms with Gasteiger partial charge in [-0.25, -0.2) is 0 Å². The smallest absolute Gasteiger partial charge is 0.308 e. The Morgan fingerprint density at radius 3 is 2.04 bits per heavy atom. The molecule has 0 heterocycles. The Morgan fingerprint density at radius 1 is 1.08 bits per heavy atom. The number of carboxylic acid groups (broad SMARTS) is 1. The molecule has 2 aromatic carbocycles. The number of benzene rings is 2. The van der Waals surface area contributed by atoms with E-state index in [0.717, 1.165) is 11.1 Å². The second kappa shape index (κ2) is 9.17. The van der Waals surface area contributed by atoms with Gasteiger partial charge in [0.1, 0.15) is 0 Å². The molecule has 0 saturated carbocycles. The van der Waals surface area contributed by atoms with Crippen LogP contribution in [-0.2, 0) is 21.3 Å². The van der Waals surface area contributed by atoms with Crippen LogP contribution in [0, 0.1) is 12.8 Å². The number of rotatable bonds is 5. The van der Waals surface area contributed by atoms with Crippen molar-refractivity contribution in [2.75, 3.05) is 6.54 Å². The molecule has 0 aliphatic heterocycles. The molecule has 4 N–H and O–H groups in total. The van der Waals surface area contributed by atoms with Gasteiger partial charge in [0.05, 0.1) is 10.8 Å². The van der Waals surface area contributed by atoms with E-state index in [2.05, 4.69) is 0 Å². The highest BCUT2D eigenvalue weighted by Gasteiger charge is 2.15. The predicted octanol–water partition coefficient (Wildman–Crippen LogP) is 2.13. The van der Waals surface area contributed by atoms with Gasteiger partial charge in [-0.05, 0) is 31.0 Å². The number of hydrogen-bond donors (Lipinski definition) is 3. The molecule has 7 heteroatoms. The maximum Gasteiger partial charge on any atom is 0.308 e. The topological polar surface area (TPSA) is 118 Å². The third-order valence-electron chi connectivity index (χ3n) is 3.28. The van der Waals surface area contributed by atoms with Gasteiger partial charge in [-0.15, -0.1) is 0 Å². The third-order valence-corrected chi connectivity index (χ3v) is 4.15. The Bertz CT molecular complexity index is 742. The van der Waals surface area contributed by atoms with Gasteiger partial charge in [-0.3, -0.25) is 9.35 Å². The fourth-order valence-corrected chi connectivity index (χ4v) is 2.36. The van der Waals surface area contributed by atoms with E-state index in [9.17, 15) is 13.2 Å². The van der Waals surface area contributed by atoms with E-state index in [1.807, 2.05) is 37.3 Å². The van der Waals surface area contributed by atoms with Gasteiger partial charge in [0, 0.05) is 6.54 Å². The maximum absolute atomic E-state index is 10.7. The second-order valence-corrected chi connectivity index (χ2v) is 6.67. The average molecular weight is 351 g/mol. The molecule has 0 aromatic heterocycles. The van der Waals surface area contributed by atoms with Gasteiger partial charge < -0.3 is 10.8 Å². The quantitative estimate of drug-likeness (QED) is 0.710. The highest BCUT2D eigenvalue weighted by molar-refractivity contribution is 7.85. The molecule has 1 atom stereocenters. The molecule has 2 aromatic rings. The number of hydrogen-bond acceptors (Lipinski definition) is 4. The first-order valence-corrected chi connectivity index (χ1v) is 8.69. The predicted molar refractivity (Wildman–Crippen MR) is 91.3 cm³/mol. The number of aliphatic carboxylic acids is 1. The molecule has 0 aliphatic carbocycles. The summed E-state index contributed by atoms with van der Waals surface area (Å²) in [6.07, 6.45) is 0.507. The fraction of sp³-hybridized carbons (Fsp3) is 0.235. The van der Waals surface area contributed by atoms with Crippen LogP contribution in [0.25, 0.3) is 0 Å². The van der Waals surface area contributed by atoms with Gasteiger partial charge in [0.2, 0.25) is 0 Å². The Labute approximate surface area is 141 Å². The van der Waals surface area contributed by atoms with Crippen LogP contribution in [0.5, 0.6) is 0 Å². The molecule has 0 amide bonds. The van der Waals surface area contributed by atoms with Crippen LogP contribution in [-0.4, -0.2) is 30.6 Å². The summed E-state index contributed by atoms with van der Waals surface area (Å²) in [6, 6.07) is 15.5. The van der Waals surface area contributed by atoms with Gasteiger partial charge in [-0.2, -0.15) is 8.42 Å².